The Morgan fingerprint density at radius 1 is 1.06 bits per heavy atom. The van der Waals surface area contributed by atoms with Crippen LogP contribution in [0.25, 0.3) is 0 Å². The second kappa shape index (κ2) is 11.4. The SMILES string of the molecule is CC(=O)Nc1ccc(NC(=O)CSCc2csc(NC(=O)c3ccc(C)c([N+](=O)[O-])c3)n2)cc1. The minimum Gasteiger partial charge on any atom is -0.326 e. The van der Waals surface area contributed by atoms with Gasteiger partial charge in [0.2, 0.25) is 11.8 Å². The second-order valence-electron chi connectivity index (χ2n) is 7.16. The average molecular weight is 500 g/mol. The number of nitrogens with zero attached hydrogens (tertiary/aromatic N) is 2. The van der Waals surface area contributed by atoms with E-state index in [9.17, 15) is 24.5 Å². The molecule has 3 N–H and O–H groups in total. The van der Waals surface area contributed by atoms with Gasteiger partial charge >= 0.3 is 0 Å². The van der Waals surface area contributed by atoms with E-state index < -0.39 is 10.8 Å². The third kappa shape index (κ3) is 7.12. The number of nitrogens with one attached hydrogen (secondary N) is 3. The number of nitro benzene ring substituents is 1. The fourth-order valence-electron chi connectivity index (χ4n) is 2.83. The number of benzene rings is 2. The van der Waals surface area contributed by atoms with Crippen LogP contribution in [0.15, 0.2) is 47.8 Å². The minimum atomic E-state index is -0.526. The van der Waals surface area contributed by atoms with Crippen LogP contribution in [0.1, 0.15) is 28.5 Å². The zero-order chi connectivity index (χ0) is 24.7. The molecule has 0 saturated carbocycles. The smallest absolute Gasteiger partial charge is 0.273 e. The van der Waals surface area contributed by atoms with E-state index in [2.05, 4.69) is 20.9 Å². The molecule has 1 aromatic heterocycles. The molecule has 0 aliphatic carbocycles. The highest BCUT2D eigenvalue weighted by molar-refractivity contribution is 7.99. The summed E-state index contributed by atoms with van der Waals surface area (Å²) in [6.45, 7) is 3.03. The maximum absolute atomic E-state index is 12.4. The molecule has 0 spiro atoms. The van der Waals surface area contributed by atoms with Crippen molar-refractivity contribution in [3.8, 4) is 0 Å². The number of carbonyl (C=O) groups is 3. The zero-order valence-electron chi connectivity index (χ0n) is 18.3. The summed E-state index contributed by atoms with van der Waals surface area (Å²) in [6, 6.07) is 11.1. The molecule has 0 bridgehead atoms. The van der Waals surface area contributed by atoms with E-state index in [1.165, 1.54) is 48.2 Å². The molecule has 3 aromatic rings. The van der Waals surface area contributed by atoms with Gasteiger partial charge in [0.25, 0.3) is 11.6 Å². The molecular weight excluding hydrogens is 478 g/mol. The van der Waals surface area contributed by atoms with Crippen molar-refractivity contribution in [2.45, 2.75) is 19.6 Å². The Morgan fingerprint density at radius 2 is 1.74 bits per heavy atom. The highest BCUT2D eigenvalue weighted by atomic mass is 32.2. The Hall–Kier alpha value is -3.77. The van der Waals surface area contributed by atoms with Crippen LogP contribution in [0.2, 0.25) is 0 Å². The standard InChI is InChI=1S/C22H21N5O5S2/c1-13-3-4-15(9-19(13)27(31)32)21(30)26-22-25-18(11-34-22)10-33-12-20(29)24-17-7-5-16(6-8-17)23-14(2)28/h3-9,11H,10,12H2,1-2H3,(H,23,28)(H,24,29)(H,25,26,30). The van der Waals surface area contributed by atoms with Gasteiger partial charge in [-0.05, 0) is 37.3 Å². The Labute approximate surface area is 203 Å². The van der Waals surface area contributed by atoms with Crippen LogP contribution in [0.3, 0.4) is 0 Å². The molecule has 0 saturated heterocycles. The zero-order valence-corrected chi connectivity index (χ0v) is 19.9. The van der Waals surface area contributed by atoms with Crippen LogP contribution in [0.5, 0.6) is 0 Å². The maximum Gasteiger partial charge on any atom is 0.273 e. The quantitative estimate of drug-likeness (QED) is 0.292. The number of thioether (sulfide) groups is 1. The highest BCUT2D eigenvalue weighted by Gasteiger charge is 2.16. The number of nitro groups is 1. The van der Waals surface area contributed by atoms with Gasteiger partial charge in [-0.3, -0.25) is 29.8 Å². The topological polar surface area (TPSA) is 143 Å². The van der Waals surface area contributed by atoms with Crippen LogP contribution in [0, 0.1) is 17.0 Å². The molecule has 10 nitrogen and oxygen atoms in total. The summed E-state index contributed by atoms with van der Waals surface area (Å²) in [6.07, 6.45) is 0. The summed E-state index contributed by atoms with van der Waals surface area (Å²) < 4.78 is 0. The molecule has 0 fully saturated rings. The molecule has 0 aliphatic heterocycles. The number of aryl methyl sites for hydroxylation is 1. The first-order valence-corrected chi connectivity index (χ1v) is 12.0. The van der Waals surface area contributed by atoms with Crippen LogP contribution < -0.4 is 16.0 Å². The third-order valence-corrected chi connectivity index (χ3v) is 6.19. The summed E-state index contributed by atoms with van der Waals surface area (Å²) in [4.78, 5) is 50.5. The first-order chi connectivity index (χ1) is 16.2. The maximum atomic E-state index is 12.4. The van der Waals surface area contributed by atoms with Crippen molar-refractivity contribution in [2.24, 2.45) is 0 Å². The van der Waals surface area contributed by atoms with E-state index >= 15 is 0 Å². The molecule has 2 aromatic carbocycles. The van der Waals surface area contributed by atoms with Crippen molar-refractivity contribution in [3.63, 3.8) is 0 Å². The predicted octanol–water partition coefficient (Wildman–Crippen LogP) is 4.44. The molecule has 0 radical (unpaired) electrons. The van der Waals surface area contributed by atoms with E-state index in [1.807, 2.05) is 0 Å². The monoisotopic (exact) mass is 499 g/mol. The Kier molecular flexibility index (Phi) is 8.33. The van der Waals surface area contributed by atoms with E-state index in [4.69, 9.17) is 0 Å². The fraction of sp³-hybridized carbons (Fsp3) is 0.182. The van der Waals surface area contributed by atoms with Gasteiger partial charge in [0, 0.05) is 46.6 Å². The number of carbonyl (C=O) groups excluding carboxylic acids is 3. The molecule has 3 amide bonds. The van der Waals surface area contributed by atoms with Crippen molar-refractivity contribution in [1.29, 1.82) is 0 Å². The van der Waals surface area contributed by atoms with E-state index in [0.29, 0.717) is 33.5 Å². The van der Waals surface area contributed by atoms with Crippen molar-refractivity contribution in [3.05, 3.63) is 74.8 Å². The lowest BCUT2D eigenvalue weighted by Crippen LogP contribution is -2.14. The first kappa shape index (κ1) is 24.9. The lowest BCUT2D eigenvalue weighted by atomic mass is 10.1. The lowest BCUT2D eigenvalue weighted by Gasteiger charge is -2.06. The molecule has 12 heteroatoms. The van der Waals surface area contributed by atoms with Crippen molar-refractivity contribution in [1.82, 2.24) is 4.98 Å². The van der Waals surface area contributed by atoms with Crippen LogP contribution in [-0.4, -0.2) is 33.4 Å². The molecular formula is C22H21N5O5S2. The number of anilines is 3. The van der Waals surface area contributed by atoms with Crippen molar-refractivity contribution >= 4 is 63.0 Å². The average Bonchev–Trinajstić information content (AvgIpc) is 3.22. The molecule has 34 heavy (non-hydrogen) atoms. The molecule has 0 unspecified atom stereocenters. The fourth-order valence-corrected chi connectivity index (χ4v) is 4.36. The number of hydrogen-bond donors (Lipinski definition) is 3. The Bertz CT molecular complexity index is 1230. The molecule has 176 valence electrons. The van der Waals surface area contributed by atoms with Gasteiger partial charge in [0.15, 0.2) is 5.13 Å². The van der Waals surface area contributed by atoms with Gasteiger partial charge in [-0.2, -0.15) is 0 Å². The summed E-state index contributed by atoms with van der Waals surface area (Å²) in [5.74, 6) is -0.156. The molecule has 0 atom stereocenters. The number of thiazole rings is 1. The highest BCUT2D eigenvalue weighted by Crippen LogP contribution is 2.23. The van der Waals surface area contributed by atoms with Gasteiger partial charge in [-0.1, -0.05) is 6.07 Å². The molecule has 3 rings (SSSR count). The van der Waals surface area contributed by atoms with Gasteiger partial charge < -0.3 is 10.6 Å². The van der Waals surface area contributed by atoms with Crippen LogP contribution in [-0.2, 0) is 15.3 Å². The normalized spacial score (nSPS) is 10.4. The number of rotatable bonds is 9. The molecule has 1 heterocycles. The molecule has 0 aliphatic rings. The van der Waals surface area contributed by atoms with Crippen molar-refractivity contribution < 1.29 is 19.3 Å². The van der Waals surface area contributed by atoms with Crippen LogP contribution >= 0.6 is 23.1 Å². The summed E-state index contributed by atoms with van der Waals surface area (Å²) in [5.41, 5.74) is 2.49. The van der Waals surface area contributed by atoms with E-state index in [0.717, 1.165) is 0 Å². The van der Waals surface area contributed by atoms with E-state index in [1.54, 1.807) is 36.6 Å². The minimum absolute atomic E-state index is 0.120. The number of hydrogen-bond acceptors (Lipinski definition) is 8. The van der Waals surface area contributed by atoms with E-state index in [-0.39, 0.29) is 28.8 Å². The third-order valence-electron chi connectivity index (χ3n) is 4.41. The largest absolute Gasteiger partial charge is 0.326 e. The second-order valence-corrected chi connectivity index (χ2v) is 9.00. The number of amides is 3. The summed E-state index contributed by atoms with van der Waals surface area (Å²) in [5, 5.41) is 21.3. The summed E-state index contributed by atoms with van der Waals surface area (Å²) in [7, 11) is 0. The Morgan fingerprint density at radius 3 is 2.38 bits per heavy atom. The van der Waals surface area contributed by atoms with Gasteiger partial charge in [-0.15, -0.1) is 23.1 Å². The lowest BCUT2D eigenvalue weighted by molar-refractivity contribution is -0.385. The predicted molar refractivity (Wildman–Crippen MR) is 133 cm³/mol. The van der Waals surface area contributed by atoms with Gasteiger partial charge in [0.1, 0.15) is 0 Å². The van der Waals surface area contributed by atoms with Crippen LogP contribution in [0.4, 0.5) is 22.2 Å². The van der Waals surface area contributed by atoms with Crippen molar-refractivity contribution in [2.75, 3.05) is 21.7 Å². The van der Waals surface area contributed by atoms with Gasteiger partial charge in [0.05, 0.1) is 16.4 Å². The first-order valence-electron chi connectivity index (χ1n) is 9.97. The Balaban J connectivity index is 1.46. The number of aromatic nitrogens is 1. The van der Waals surface area contributed by atoms with Gasteiger partial charge in [-0.25, -0.2) is 4.98 Å². The summed E-state index contributed by atoms with van der Waals surface area (Å²) >= 11 is 2.60.